The maximum atomic E-state index is 12.2. The molecule has 2 aromatic rings. The predicted molar refractivity (Wildman–Crippen MR) is 96.4 cm³/mol. The quantitative estimate of drug-likeness (QED) is 0.898. The summed E-state index contributed by atoms with van der Waals surface area (Å²) in [5.41, 5.74) is 0.925. The molecule has 3 rings (SSSR count). The van der Waals surface area contributed by atoms with Crippen molar-refractivity contribution in [3.63, 3.8) is 0 Å². The topological polar surface area (TPSA) is 41.6 Å². The molecule has 0 aliphatic carbocycles. The van der Waals surface area contributed by atoms with Gasteiger partial charge in [0.2, 0.25) is 5.91 Å². The van der Waals surface area contributed by atoms with E-state index in [0.29, 0.717) is 6.54 Å². The van der Waals surface area contributed by atoms with E-state index in [2.05, 4.69) is 12.2 Å². The lowest BCUT2D eigenvalue weighted by Crippen LogP contribution is -2.40. The molecule has 0 atom stereocenters. The summed E-state index contributed by atoms with van der Waals surface area (Å²) in [6, 6.07) is 17.4. The summed E-state index contributed by atoms with van der Waals surface area (Å²) < 4.78 is 5.76. The van der Waals surface area contributed by atoms with E-state index in [1.165, 1.54) is 0 Å². The fraction of sp³-hybridized carbons (Fsp3) is 0.350. The molecule has 4 nitrogen and oxygen atoms in total. The minimum Gasteiger partial charge on any atom is -0.457 e. The molecule has 126 valence electrons. The van der Waals surface area contributed by atoms with Crippen molar-refractivity contribution >= 4 is 11.6 Å². The molecule has 2 aromatic carbocycles. The van der Waals surface area contributed by atoms with Gasteiger partial charge in [0.1, 0.15) is 11.5 Å². The Morgan fingerprint density at radius 3 is 2.33 bits per heavy atom. The number of hydrogen-bond donors (Lipinski definition) is 1. The Kier molecular flexibility index (Phi) is 5.36. The first kappa shape index (κ1) is 16.4. The van der Waals surface area contributed by atoms with Crippen molar-refractivity contribution in [3.05, 3.63) is 54.6 Å². The monoisotopic (exact) mass is 324 g/mol. The van der Waals surface area contributed by atoms with Crippen LogP contribution in [0.3, 0.4) is 0 Å². The fourth-order valence-corrected chi connectivity index (χ4v) is 2.81. The summed E-state index contributed by atoms with van der Waals surface area (Å²) in [4.78, 5) is 14.2. The molecule has 0 saturated carbocycles. The fourth-order valence-electron chi connectivity index (χ4n) is 2.81. The van der Waals surface area contributed by atoms with Gasteiger partial charge in [-0.3, -0.25) is 4.79 Å². The summed E-state index contributed by atoms with van der Waals surface area (Å²) in [7, 11) is 0. The van der Waals surface area contributed by atoms with Crippen LogP contribution in [0.2, 0.25) is 0 Å². The Hall–Kier alpha value is -2.49. The lowest BCUT2D eigenvalue weighted by atomic mass is 9.99. The summed E-state index contributed by atoms with van der Waals surface area (Å²) >= 11 is 0. The van der Waals surface area contributed by atoms with Gasteiger partial charge in [-0.2, -0.15) is 0 Å². The van der Waals surface area contributed by atoms with E-state index in [9.17, 15) is 4.79 Å². The third kappa shape index (κ3) is 4.51. The molecule has 4 heteroatoms. The van der Waals surface area contributed by atoms with Crippen LogP contribution in [0.15, 0.2) is 54.6 Å². The van der Waals surface area contributed by atoms with Crippen molar-refractivity contribution < 1.29 is 9.53 Å². The number of anilines is 1. The van der Waals surface area contributed by atoms with Gasteiger partial charge in [-0.05, 0) is 55.2 Å². The van der Waals surface area contributed by atoms with Crippen LogP contribution in [0.4, 0.5) is 5.69 Å². The number of piperidine rings is 1. The van der Waals surface area contributed by atoms with Crippen LogP contribution < -0.4 is 10.1 Å². The van der Waals surface area contributed by atoms with Crippen LogP contribution in [0, 0.1) is 5.92 Å². The Balaban J connectivity index is 1.48. The molecule has 0 spiro atoms. The van der Waals surface area contributed by atoms with Crippen LogP contribution in [-0.4, -0.2) is 30.4 Å². The first-order chi connectivity index (χ1) is 11.7. The first-order valence-electron chi connectivity index (χ1n) is 8.55. The van der Waals surface area contributed by atoms with Gasteiger partial charge in [-0.25, -0.2) is 0 Å². The van der Waals surface area contributed by atoms with Crippen LogP contribution >= 0.6 is 0 Å². The number of rotatable bonds is 5. The molecule has 0 unspecified atom stereocenters. The average molecular weight is 324 g/mol. The molecular weight excluding hydrogens is 300 g/mol. The second-order valence-electron chi connectivity index (χ2n) is 6.36. The molecule has 1 fully saturated rings. The lowest BCUT2D eigenvalue weighted by Gasteiger charge is -2.30. The SMILES string of the molecule is CC1CCN(C(=O)CNc2ccc(Oc3ccccc3)cc2)CC1. The van der Waals surface area contributed by atoms with Crippen LogP contribution in [0.25, 0.3) is 0 Å². The number of benzene rings is 2. The molecule has 1 aliphatic heterocycles. The molecule has 0 aromatic heterocycles. The number of para-hydroxylation sites is 1. The van der Waals surface area contributed by atoms with Gasteiger partial charge in [-0.15, -0.1) is 0 Å². The maximum Gasteiger partial charge on any atom is 0.241 e. The highest BCUT2D eigenvalue weighted by Gasteiger charge is 2.19. The van der Waals surface area contributed by atoms with Gasteiger partial charge < -0.3 is 15.0 Å². The molecule has 1 N–H and O–H groups in total. The average Bonchev–Trinajstić information content (AvgIpc) is 2.62. The minimum absolute atomic E-state index is 0.173. The second-order valence-corrected chi connectivity index (χ2v) is 6.36. The number of amides is 1. The molecular formula is C20H24N2O2. The van der Waals surface area contributed by atoms with E-state index >= 15 is 0 Å². The number of hydrogen-bond acceptors (Lipinski definition) is 3. The molecule has 1 aliphatic rings. The first-order valence-corrected chi connectivity index (χ1v) is 8.55. The number of carbonyl (C=O) groups excluding carboxylic acids is 1. The second kappa shape index (κ2) is 7.86. The number of likely N-dealkylation sites (tertiary alicyclic amines) is 1. The van der Waals surface area contributed by atoms with Crippen LogP contribution in [-0.2, 0) is 4.79 Å². The zero-order valence-corrected chi connectivity index (χ0v) is 14.1. The van der Waals surface area contributed by atoms with E-state index < -0.39 is 0 Å². The predicted octanol–water partition coefficient (Wildman–Crippen LogP) is 4.15. The Labute approximate surface area is 143 Å². The van der Waals surface area contributed by atoms with Gasteiger partial charge in [0.05, 0.1) is 6.54 Å². The van der Waals surface area contributed by atoms with E-state index in [4.69, 9.17) is 4.74 Å². The largest absolute Gasteiger partial charge is 0.457 e. The smallest absolute Gasteiger partial charge is 0.241 e. The van der Waals surface area contributed by atoms with Crippen molar-refractivity contribution in [3.8, 4) is 11.5 Å². The van der Waals surface area contributed by atoms with Gasteiger partial charge >= 0.3 is 0 Å². The number of nitrogens with zero attached hydrogens (tertiary/aromatic N) is 1. The molecule has 1 amide bonds. The van der Waals surface area contributed by atoms with Gasteiger partial charge in [-0.1, -0.05) is 25.1 Å². The molecule has 24 heavy (non-hydrogen) atoms. The van der Waals surface area contributed by atoms with Crippen molar-refractivity contribution in [2.45, 2.75) is 19.8 Å². The molecule has 0 bridgehead atoms. The Bertz CT molecular complexity index is 647. The Morgan fingerprint density at radius 2 is 1.67 bits per heavy atom. The van der Waals surface area contributed by atoms with Crippen molar-refractivity contribution in [2.75, 3.05) is 25.0 Å². The zero-order chi connectivity index (χ0) is 16.8. The maximum absolute atomic E-state index is 12.2. The van der Waals surface area contributed by atoms with Crippen molar-refractivity contribution in [1.82, 2.24) is 4.90 Å². The van der Waals surface area contributed by atoms with Gasteiger partial charge in [0, 0.05) is 18.8 Å². The molecule has 1 heterocycles. The normalized spacial score (nSPS) is 15.1. The minimum atomic E-state index is 0.173. The number of nitrogens with one attached hydrogen (secondary N) is 1. The van der Waals surface area contributed by atoms with E-state index in [1.54, 1.807) is 0 Å². The molecule has 0 radical (unpaired) electrons. The summed E-state index contributed by atoms with van der Waals surface area (Å²) in [5, 5.41) is 3.20. The number of ether oxygens (including phenoxy) is 1. The highest BCUT2D eigenvalue weighted by Crippen LogP contribution is 2.22. The van der Waals surface area contributed by atoms with E-state index in [-0.39, 0.29) is 5.91 Å². The number of carbonyl (C=O) groups is 1. The van der Waals surface area contributed by atoms with Gasteiger partial charge in [0.25, 0.3) is 0 Å². The third-order valence-electron chi connectivity index (χ3n) is 4.41. The zero-order valence-electron chi connectivity index (χ0n) is 14.1. The van der Waals surface area contributed by atoms with Crippen molar-refractivity contribution in [2.24, 2.45) is 5.92 Å². The third-order valence-corrected chi connectivity index (χ3v) is 4.41. The van der Waals surface area contributed by atoms with Crippen LogP contribution in [0.5, 0.6) is 11.5 Å². The highest BCUT2D eigenvalue weighted by atomic mass is 16.5. The van der Waals surface area contributed by atoms with E-state index in [0.717, 1.165) is 49.0 Å². The highest BCUT2D eigenvalue weighted by molar-refractivity contribution is 5.81. The van der Waals surface area contributed by atoms with Gasteiger partial charge in [0.15, 0.2) is 0 Å². The lowest BCUT2D eigenvalue weighted by molar-refractivity contribution is -0.130. The summed E-state index contributed by atoms with van der Waals surface area (Å²) in [6.45, 7) is 4.35. The standard InChI is InChI=1S/C20H24N2O2/c1-16-11-13-22(14-12-16)20(23)15-21-17-7-9-19(10-8-17)24-18-5-3-2-4-6-18/h2-10,16,21H,11-15H2,1H3. The van der Waals surface area contributed by atoms with Crippen molar-refractivity contribution in [1.29, 1.82) is 0 Å². The van der Waals surface area contributed by atoms with E-state index in [1.807, 2.05) is 59.5 Å². The Morgan fingerprint density at radius 1 is 1.04 bits per heavy atom. The van der Waals surface area contributed by atoms with Crippen LogP contribution in [0.1, 0.15) is 19.8 Å². The summed E-state index contributed by atoms with van der Waals surface area (Å²) in [6.07, 6.45) is 2.22. The molecule has 1 saturated heterocycles. The summed E-state index contributed by atoms with van der Waals surface area (Å²) in [5.74, 6) is 2.50.